The molecule has 0 heterocycles. The van der Waals surface area contributed by atoms with Gasteiger partial charge in [-0.05, 0) is 36.8 Å². The fraction of sp³-hybridized carbons (Fsp3) is 0.333. The molecule has 2 aromatic rings. The Kier molecular flexibility index (Phi) is 12.0. The van der Waals surface area contributed by atoms with Crippen molar-refractivity contribution in [3.63, 3.8) is 0 Å². The number of carbonyl (C=O) groups excluding carboxylic acids is 2. The molecule has 26 heavy (non-hydrogen) atoms. The highest BCUT2D eigenvalue weighted by atomic mass is 16.6. The smallest absolute Gasteiger partial charge is 0.333 e. The molecule has 0 atom stereocenters. The second-order valence-electron chi connectivity index (χ2n) is 5.10. The maximum atomic E-state index is 10.6. The van der Waals surface area contributed by atoms with Gasteiger partial charge in [-0.25, -0.2) is 4.79 Å². The number of fused-ring (bicyclic) bond motifs is 1. The minimum atomic E-state index is -0.473. The van der Waals surface area contributed by atoms with Gasteiger partial charge in [-0.3, -0.25) is 4.79 Å². The van der Waals surface area contributed by atoms with Crippen LogP contribution in [-0.4, -0.2) is 32.8 Å². The predicted octanol–water partition coefficient (Wildman–Crippen LogP) is 4.46. The molecule has 5 nitrogen and oxygen atoms in total. The van der Waals surface area contributed by atoms with Crippen molar-refractivity contribution in [1.29, 1.82) is 0 Å². The fourth-order valence-corrected chi connectivity index (χ4v) is 1.82. The molecule has 0 amide bonds. The molecule has 0 unspecified atom stereocenters. The summed E-state index contributed by atoms with van der Waals surface area (Å²) in [4.78, 5) is 20.2. The van der Waals surface area contributed by atoms with Crippen LogP contribution in [0.1, 0.15) is 26.3 Å². The Balaban J connectivity index is 0.000000446. The largest absolute Gasteiger partial charge is 0.497 e. The Morgan fingerprint density at radius 1 is 1.08 bits per heavy atom. The van der Waals surface area contributed by atoms with Crippen LogP contribution in [0.25, 0.3) is 10.8 Å². The summed E-state index contributed by atoms with van der Waals surface area (Å²) in [5.41, 5.74) is 1.62. The first-order chi connectivity index (χ1) is 12.5. The van der Waals surface area contributed by atoms with Gasteiger partial charge in [0.25, 0.3) is 6.47 Å². The lowest BCUT2D eigenvalue weighted by Gasteiger charge is -2.02. The van der Waals surface area contributed by atoms with E-state index in [4.69, 9.17) is 4.74 Å². The van der Waals surface area contributed by atoms with Gasteiger partial charge in [-0.15, -0.1) is 0 Å². The van der Waals surface area contributed by atoms with Crippen molar-refractivity contribution < 1.29 is 23.8 Å². The third-order valence-electron chi connectivity index (χ3n) is 3.05. The summed E-state index contributed by atoms with van der Waals surface area (Å²) < 4.78 is 14.0. The van der Waals surface area contributed by atoms with E-state index in [1.54, 1.807) is 14.0 Å². The molecular weight excluding hydrogens is 332 g/mol. The van der Waals surface area contributed by atoms with E-state index in [1.807, 2.05) is 19.9 Å². The van der Waals surface area contributed by atoms with Crippen LogP contribution in [0.15, 0.2) is 48.6 Å². The number of carbonyl (C=O) groups is 2. The molecule has 0 aliphatic rings. The lowest BCUT2D eigenvalue weighted by molar-refractivity contribution is -0.143. The molecule has 142 valence electrons. The van der Waals surface area contributed by atoms with Gasteiger partial charge in [-0.2, -0.15) is 0 Å². The Morgan fingerprint density at radius 2 is 1.69 bits per heavy atom. The van der Waals surface area contributed by atoms with E-state index in [2.05, 4.69) is 53.3 Å². The lowest BCUT2D eigenvalue weighted by atomic mass is 10.1. The lowest BCUT2D eigenvalue weighted by Crippen LogP contribution is -2.10. The van der Waals surface area contributed by atoms with E-state index in [9.17, 15) is 9.59 Å². The first kappa shape index (κ1) is 23.2. The normalized spacial score (nSPS) is 8.96. The maximum Gasteiger partial charge on any atom is 0.333 e. The molecule has 0 radical (unpaired) electrons. The first-order valence-corrected chi connectivity index (χ1v) is 8.40. The number of methoxy groups -OCH3 is 1. The number of esters is 1. The van der Waals surface area contributed by atoms with Crippen LogP contribution in [-0.2, 0) is 19.1 Å². The van der Waals surface area contributed by atoms with E-state index in [0.29, 0.717) is 12.0 Å². The molecule has 2 aromatic carbocycles. The Hall–Kier alpha value is -2.82. The van der Waals surface area contributed by atoms with Gasteiger partial charge in [0, 0.05) is 5.57 Å². The van der Waals surface area contributed by atoms with Crippen LogP contribution in [0, 0.1) is 6.92 Å². The van der Waals surface area contributed by atoms with E-state index < -0.39 is 5.97 Å². The van der Waals surface area contributed by atoms with Gasteiger partial charge in [0.05, 0.1) is 7.11 Å². The molecule has 0 saturated carbocycles. The average Bonchev–Trinajstić information content (AvgIpc) is 2.66. The molecule has 0 aromatic heterocycles. The third-order valence-corrected chi connectivity index (χ3v) is 3.05. The van der Waals surface area contributed by atoms with Crippen molar-refractivity contribution in [2.24, 2.45) is 0 Å². The van der Waals surface area contributed by atoms with Crippen molar-refractivity contribution in [1.82, 2.24) is 0 Å². The van der Waals surface area contributed by atoms with Crippen LogP contribution >= 0.6 is 0 Å². The van der Waals surface area contributed by atoms with E-state index in [-0.39, 0.29) is 13.2 Å². The predicted molar refractivity (Wildman–Crippen MR) is 104 cm³/mol. The average molecular weight is 360 g/mol. The van der Waals surface area contributed by atoms with Crippen LogP contribution < -0.4 is 4.74 Å². The Morgan fingerprint density at radius 3 is 2.27 bits per heavy atom. The van der Waals surface area contributed by atoms with Crippen molar-refractivity contribution in [2.75, 3.05) is 20.3 Å². The molecule has 2 rings (SSSR count). The zero-order valence-corrected chi connectivity index (χ0v) is 16.2. The highest BCUT2D eigenvalue weighted by molar-refractivity contribution is 5.87. The van der Waals surface area contributed by atoms with Crippen molar-refractivity contribution >= 4 is 23.2 Å². The van der Waals surface area contributed by atoms with Crippen molar-refractivity contribution in [3.05, 3.63) is 54.1 Å². The first-order valence-electron chi connectivity index (χ1n) is 8.40. The van der Waals surface area contributed by atoms with E-state index in [1.165, 1.54) is 16.3 Å². The number of hydrogen-bond donors (Lipinski definition) is 0. The number of benzene rings is 2. The zero-order chi connectivity index (χ0) is 19.9. The summed E-state index contributed by atoms with van der Waals surface area (Å²) in [6, 6.07) is 12.5. The molecule has 5 heteroatoms. The standard InChI is InChI=1S/C12H12O.C7H10O4.C2H6/c1-9-3-4-11-8-12(13-2)6-5-10(11)7-9;1-6(2)7(9)11-4-3-10-5-8;1-2/h3-8H,1-2H3;5H,1,3-4H2,2H3;1-2H3. The summed E-state index contributed by atoms with van der Waals surface area (Å²) >= 11 is 0. The molecule has 0 spiro atoms. The molecular formula is C21H28O5. The van der Waals surface area contributed by atoms with Crippen LogP contribution in [0.3, 0.4) is 0 Å². The van der Waals surface area contributed by atoms with Gasteiger partial charge in [0.15, 0.2) is 0 Å². The SMILES string of the molecule is C=C(C)C(=O)OCCOC=O.CC.COc1ccc2cc(C)ccc2c1. The molecule has 0 bridgehead atoms. The minimum absolute atomic E-state index is 0.0738. The summed E-state index contributed by atoms with van der Waals surface area (Å²) in [7, 11) is 1.69. The van der Waals surface area contributed by atoms with Gasteiger partial charge >= 0.3 is 5.97 Å². The van der Waals surface area contributed by atoms with Gasteiger partial charge < -0.3 is 14.2 Å². The second kappa shape index (κ2) is 13.5. The fourth-order valence-electron chi connectivity index (χ4n) is 1.82. The highest BCUT2D eigenvalue weighted by Gasteiger charge is 2.01. The summed E-state index contributed by atoms with van der Waals surface area (Å²) in [5, 5.41) is 2.49. The number of rotatable bonds is 6. The molecule has 0 aliphatic carbocycles. The molecule has 0 aliphatic heterocycles. The summed E-state index contributed by atoms with van der Waals surface area (Å²) in [5.74, 6) is 0.441. The third kappa shape index (κ3) is 8.87. The van der Waals surface area contributed by atoms with Crippen LogP contribution in [0.2, 0.25) is 0 Å². The quantitative estimate of drug-likeness (QED) is 0.329. The molecule has 0 fully saturated rings. The number of ether oxygens (including phenoxy) is 3. The number of hydrogen-bond acceptors (Lipinski definition) is 5. The molecule has 0 saturated heterocycles. The highest BCUT2D eigenvalue weighted by Crippen LogP contribution is 2.21. The second-order valence-corrected chi connectivity index (χ2v) is 5.10. The van der Waals surface area contributed by atoms with Gasteiger partial charge in [-0.1, -0.05) is 50.3 Å². The Labute approximate surface area is 155 Å². The van der Waals surface area contributed by atoms with E-state index >= 15 is 0 Å². The zero-order valence-electron chi connectivity index (χ0n) is 16.2. The summed E-state index contributed by atoms with van der Waals surface area (Å²) in [6.45, 7) is 11.5. The topological polar surface area (TPSA) is 61.8 Å². The van der Waals surface area contributed by atoms with Crippen molar-refractivity contribution in [2.45, 2.75) is 27.7 Å². The van der Waals surface area contributed by atoms with Crippen LogP contribution in [0.5, 0.6) is 5.75 Å². The van der Waals surface area contributed by atoms with Gasteiger partial charge in [0.2, 0.25) is 0 Å². The monoisotopic (exact) mass is 360 g/mol. The Bertz CT molecular complexity index is 707. The van der Waals surface area contributed by atoms with E-state index in [0.717, 1.165) is 5.75 Å². The van der Waals surface area contributed by atoms with Crippen LogP contribution in [0.4, 0.5) is 0 Å². The maximum absolute atomic E-state index is 10.6. The number of aryl methyl sites for hydroxylation is 1. The van der Waals surface area contributed by atoms with Gasteiger partial charge in [0.1, 0.15) is 19.0 Å². The summed E-state index contributed by atoms with van der Waals surface area (Å²) in [6.07, 6.45) is 0. The van der Waals surface area contributed by atoms with Crippen molar-refractivity contribution in [3.8, 4) is 5.75 Å². The molecule has 0 N–H and O–H groups in total. The minimum Gasteiger partial charge on any atom is -0.497 e.